The molecule has 29 heavy (non-hydrogen) atoms. The molecule has 1 heterocycles. The van der Waals surface area contributed by atoms with E-state index in [4.69, 9.17) is 14.6 Å². The first-order valence-electron chi connectivity index (χ1n) is 11.2. The molecule has 0 amide bonds. The minimum atomic E-state index is -1.18. The van der Waals surface area contributed by atoms with Crippen LogP contribution in [0.1, 0.15) is 65.2 Å². The number of aliphatic hydroxyl groups is 1. The zero-order chi connectivity index (χ0) is 20.5. The first-order valence-corrected chi connectivity index (χ1v) is 11.2. The molecule has 4 fully saturated rings. The number of hydrogen-bond donors (Lipinski definition) is 2. The summed E-state index contributed by atoms with van der Waals surface area (Å²) in [6.07, 6.45) is 10.0. The molecule has 3 saturated carbocycles. The van der Waals surface area contributed by atoms with E-state index in [2.05, 4.69) is 31.8 Å². The van der Waals surface area contributed by atoms with Crippen molar-refractivity contribution in [1.29, 1.82) is 0 Å². The molecule has 2 N–H and O–H groups in total. The van der Waals surface area contributed by atoms with Gasteiger partial charge in [0.1, 0.15) is 5.60 Å². The maximum absolute atomic E-state index is 11.3. The highest BCUT2D eigenvalue weighted by Crippen LogP contribution is 2.68. The van der Waals surface area contributed by atoms with E-state index in [1.165, 1.54) is 5.57 Å². The Bertz CT molecular complexity index is 815. The quantitative estimate of drug-likeness (QED) is 0.481. The van der Waals surface area contributed by atoms with Gasteiger partial charge in [-0.05, 0) is 74.2 Å². The van der Waals surface area contributed by atoms with Gasteiger partial charge in [-0.25, -0.2) is 4.79 Å². The lowest BCUT2D eigenvalue weighted by molar-refractivity contribution is -0.148. The normalized spacial score (nSPS) is 47.4. The van der Waals surface area contributed by atoms with Crippen LogP contribution in [-0.4, -0.2) is 40.8 Å². The Balaban J connectivity index is 1.44. The number of carboxylic acid groups (broad SMARTS) is 1. The van der Waals surface area contributed by atoms with Crippen LogP contribution in [0.4, 0.5) is 0 Å². The van der Waals surface area contributed by atoms with Crippen LogP contribution < -0.4 is 0 Å². The topological polar surface area (TPSA) is 76.0 Å². The third-order valence-corrected chi connectivity index (χ3v) is 9.43. The van der Waals surface area contributed by atoms with Crippen molar-refractivity contribution in [3.05, 3.63) is 11.6 Å². The van der Waals surface area contributed by atoms with Gasteiger partial charge in [0.25, 0.3) is 0 Å². The lowest BCUT2D eigenvalue weighted by atomic mass is 9.46. The fourth-order valence-electron chi connectivity index (χ4n) is 7.76. The molecule has 4 aliphatic carbocycles. The predicted molar refractivity (Wildman–Crippen MR) is 107 cm³/mol. The van der Waals surface area contributed by atoms with Gasteiger partial charge in [-0.15, -0.1) is 0 Å². The number of aliphatic carboxylic acids is 1. The predicted octanol–water partition coefficient (Wildman–Crippen LogP) is 3.51. The van der Waals surface area contributed by atoms with Crippen molar-refractivity contribution in [2.75, 3.05) is 13.2 Å². The summed E-state index contributed by atoms with van der Waals surface area (Å²) >= 11 is 0. The van der Waals surface area contributed by atoms with Crippen LogP contribution in [0.3, 0.4) is 0 Å². The van der Waals surface area contributed by atoms with Gasteiger partial charge < -0.3 is 19.7 Å². The molecule has 0 bridgehead atoms. The third-order valence-electron chi connectivity index (χ3n) is 9.43. The molecule has 1 aliphatic heterocycles. The number of carboxylic acids is 1. The molecule has 1 saturated heterocycles. The second kappa shape index (κ2) is 6.33. The van der Waals surface area contributed by atoms with Gasteiger partial charge in [0.2, 0.25) is 0 Å². The van der Waals surface area contributed by atoms with Gasteiger partial charge in [0.05, 0.1) is 13.2 Å². The van der Waals surface area contributed by atoms with Gasteiger partial charge in [-0.1, -0.05) is 25.3 Å². The molecular formula is C24H32O5. The summed E-state index contributed by atoms with van der Waals surface area (Å²) in [7, 11) is 0. The molecular weight excluding hydrogens is 368 g/mol. The molecule has 1 spiro atoms. The van der Waals surface area contributed by atoms with Gasteiger partial charge in [0, 0.05) is 17.8 Å². The van der Waals surface area contributed by atoms with Crippen LogP contribution in [-0.2, 0) is 14.3 Å². The molecule has 5 nitrogen and oxygen atoms in total. The second-order valence-corrected chi connectivity index (χ2v) is 10.4. The number of fused-ring (bicyclic) bond motifs is 5. The van der Waals surface area contributed by atoms with E-state index in [1.807, 2.05) is 0 Å². The Morgan fingerprint density at radius 2 is 1.79 bits per heavy atom. The first kappa shape index (κ1) is 19.6. The molecule has 6 atom stereocenters. The molecule has 158 valence electrons. The van der Waals surface area contributed by atoms with Crippen LogP contribution in [0.15, 0.2) is 11.6 Å². The van der Waals surface area contributed by atoms with E-state index in [-0.39, 0.29) is 10.8 Å². The average molecular weight is 401 g/mol. The molecule has 0 aromatic heterocycles. The maximum atomic E-state index is 11.3. The first-order chi connectivity index (χ1) is 13.7. The van der Waals surface area contributed by atoms with Crippen molar-refractivity contribution in [3.8, 4) is 11.8 Å². The van der Waals surface area contributed by atoms with Gasteiger partial charge >= 0.3 is 5.97 Å². The van der Waals surface area contributed by atoms with Crippen molar-refractivity contribution < 1.29 is 24.5 Å². The van der Waals surface area contributed by atoms with Crippen LogP contribution in [0.25, 0.3) is 0 Å². The Hall–Kier alpha value is -1.35. The van der Waals surface area contributed by atoms with Gasteiger partial charge in [-0.3, -0.25) is 0 Å². The summed E-state index contributed by atoms with van der Waals surface area (Å²) in [6, 6.07) is 0. The van der Waals surface area contributed by atoms with Gasteiger partial charge in [-0.2, -0.15) is 0 Å². The highest BCUT2D eigenvalue weighted by molar-refractivity contribution is 5.86. The Kier molecular flexibility index (Phi) is 4.28. The fourth-order valence-corrected chi connectivity index (χ4v) is 7.76. The number of allylic oxidation sites excluding steroid dienone is 1. The van der Waals surface area contributed by atoms with Crippen molar-refractivity contribution in [3.63, 3.8) is 0 Å². The zero-order valence-corrected chi connectivity index (χ0v) is 17.5. The van der Waals surface area contributed by atoms with Crippen molar-refractivity contribution >= 4 is 5.97 Å². The number of rotatable bonds is 0. The summed E-state index contributed by atoms with van der Waals surface area (Å²) < 4.78 is 12.0. The lowest BCUT2D eigenvalue weighted by Crippen LogP contribution is -2.55. The monoisotopic (exact) mass is 400 g/mol. The molecule has 0 aromatic carbocycles. The minimum absolute atomic E-state index is 0.179. The summed E-state index contributed by atoms with van der Waals surface area (Å²) in [5.41, 5.74) is 0.189. The Morgan fingerprint density at radius 3 is 2.52 bits per heavy atom. The number of ether oxygens (including phenoxy) is 2. The fraction of sp³-hybridized carbons (Fsp3) is 0.792. The summed E-state index contributed by atoms with van der Waals surface area (Å²) in [4.78, 5) is 11.0. The van der Waals surface area contributed by atoms with Crippen molar-refractivity contribution in [1.82, 2.24) is 0 Å². The summed E-state index contributed by atoms with van der Waals surface area (Å²) in [5.74, 6) is 4.91. The minimum Gasteiger partial charge on any atom is -0.472 e. The molecule has 0 unspecified atom stereocenters. The smallest absolute Gasteiger partial charge is 0.382 e. The van der Waals surface area contributed by atoms with E-state index in [1.54, 1.807) is 0 Å². The van der Waals surface area contributed by atoms with Crippen LogP contribution in [0.5, 0.6) is 0 Å². The van der Waals surface area contributed by atoms with Crippen LogP contribution in [0, 0.1) is 40.4 Å². The SMILES string of the molecule is C[C@]12CCC3(C=C1CC[C@@H]1[C@@H]2CC[C@@]2(C)[C@H]1CC[C@]2(O)C#CC(=O)O)OCCO3. The van der Waals surface area contributed by atoms with Crippen LogP contribution in [0.2, 0.25) is 0 Å². The molecule has 0 radical (unpaired) electrons. The van der Waals surface area contributed by atoms with E-state index >= 15 is 0 Å². The Labute approximate surface area is 172 Å². The third kappa shape index (κ3) is 2.69. The molecule has 5 aliphatic rings. The largest absolute Gasteiger partial charge is 0.472 e. The van der Waals surface area contributed by atoms with E-state index in [9.17, 15) is 9.90 Å². The summed E-state index contributed by atoms with van der Waals surface area (Å²) in [6.45, 7) is 5.96. The Morgan fingerprint density at radius 1 is 1.07 bits per heavy atom. The second-order valence-electron chi connectivity index (χ2n) is 10.4. The standard InChI is InChI=1S/C24H32O5/c1-21-11-12-24(28-13-14-29-24)15-16(21)3-4-17-18(21)5-8-22(2)19(17)6-9-23(22,27)10-7-20(25)26/h15,17-19,27H,3-6,8-9,11-14H2,1-2H3,(H,25,26)/t17-,18+,19+,21+,22+,23+/m1/s1. The van der Waals surface area contributed by atoms with Crippen LogP contribution >= 0.6 is 0 Å². The molecule has 5 heteroatoms. The van der Waals surface area contributed by atoms with E-state index in [0.29, 0.717) is 37.4 Å². The van der Waals surface area contributed by atoms with Crippen molar-refractivity contribution in [2.24, 2.45) is 28.6 Å². The highest BCUT2D eigenvalue weighted by Gasteiger charge is 2.64. The lowest BCUT2D eigenvalue weighted by Gasteiger charge is -2.59. The summed E-state index contributed by atoms with van der Waals surface area (Å²) in [5, 5.41) is 20.3. The average Bonchev–Trinajstić information content (AvgIpc) is 3.24. The van der Waals surface area contributed by atoms with Crippen molar-refractivity contribution in [2.45, 2.75) is 76.6 Å². The zero-order valence-electron chi connectivity index (χ0n) is 17.5. The maximum Gasteiger partial charge on any atom is 0.382 e. The molecule has 5 rings (SSSR count). The number of carbonyl (C=O) groups is 1. The molecule has 0 aromatic rings. The van der Waals surface area contributed by atoms with E-state index in [0.717, 1.165) is 44.9 Å². The number of hydrogen-bond acceptors (Lipinski definition) is 4. The van der Waals surface area contributed by atoms with E-state index < -0.39 is 17.4 Å². The van der Waals surface area contributed by atoms with Gasteiger partial charge in [0.15, 0.2) is 5.79 Å². The highest BCUT2D eigenvalue weighted by atomic mass is 16.7.